The molecular weight excluding hydrogens is 274 g/mol. The van der Waals surface area contributed by atoms with E-state index in [1.165, 1.54) is 38.9 Å². The van der Waals surface area contributed by atoms with Crippen molar-refractivity contribution in [2.75, 3.05) is 19.6 Å². The number of nitrogens with two attached hydrogens (primary N) is 1. The average molecular weight is 305 g/mol. The molecule has 1 saturated carbocycles. The molecule has 3 rings (SSSR count). The van der Waals surface area contributed by atoms with Crippen molar-refractivity contribution in [2.24, 2.45) is 28.5 Å². The van der Waals surface area contributed by atoms with Crippen molar-refractivity contribution in [1.29, 1.82) is 0 Å². The Balaban J connectivity index is 1.22. The molecule has 0 amide bonds. The van der Waals surface area contributed by atoms with E-state index in [0.29, 0.717) is 6.04 Å². The summed E-state index contributed by atoms with van der Waals surface area (Å²) in [5, 5.41) is 9.48. The van der Waals surface area contributed by atoms with E-state index < -0.39 is 0 Å². The molecule has 0 bridgehead atoms. The van der Waals surface area contributed by atoms with Gasteiger partial charge in [0, 0.05) is 18.8 Å². The SMILES string of the molecule is CC/C(N)=C\CC1CN(CCC2CC(C3N=C3[C@H](C)O)C2)C1. The standard InChI is InChI=1S/C18H31N3O/c1-3-16(19)5-4-14-10-21(11-14)7-6-13-8-15(9-13)18-17(20-18)12(2)22/h5,12-15,18,22H,3-4,6-11,19H2,1-2H3/b16-5+/t12-,13?,15?,18?/m0/s1. The molecule has 1 saturated heterocycles. The first-order valence-corrected chi connectivity index (χ1v) is 8.99. The monoisotopic (exact) mass is 305 g/mol. The van der Waals surface area contributed by atoms with Crippen molar-refractivity contribution in [2.45, 2.75) is 58.1 Å². The average Bonchev–Trinajstić information content (AvgIpc) is 3.17. The Morgan fingerprint density at radius 2 is 2.14 bits per heavy atom. The van der Waals surface area contributed by atoms with Gasteiger partial charge in [-0.3, -0.25) is 4.99 Å². The molecule has 0 aromatic heterocycles. The normalized spacial score (nSPS) is 33.9. The molecule has 0 radical (unpaired) electrons. The third-order valence-corrected chi connectivity index (χ3v) is 5.68. The number of hydrogen-bond acceptors (Lipinski definition) is 4. The summed E-state index contributed by atoms with van der Waals surface area (Å²) in [6.07, 6.45) is 8.00. The van der Waals surface area contributed by atoms with Gasteiger partial charge < -0.3 is 15.7 Å². The lowest BCUT2D eigenvalue weighted by molar-refractivity contribution is 0.0778. The summed E-state index contributed by atoms with van der Waals surface area (Å²) in [5.41, 5.74) is 7.94. The van der Waals surface area contributed by atoms with Gasteiger partial charge in [-0.05, 0) is 63.3 Å². The van der Waals surface area contributed by atoms with Crippen LogP contribution in [-0.2, 0) is 0 Å². The maximum absolute atomic E-state index is 9.48. The van der Waals surface area contributed by atoms with Crippen molar-refractivity contribution in [3.8, 4) is 0 Å². The number of likely N-dealkylation sites (tertiary alicyclic amines) is 1. The van der Waals surface area contributed by atoms with Gasteiger partial charge >= 0.3 is 0 Å². The minimum Gasteiger partial charge on any atom is -0.402 e. The molecule has 3 aliphatic rings. The fourth-order valence-electron chi connectivity index (χ4n) is 3.94. The number of aliphatic hydroxyl groups is 1. The van der Waals surface area contributed by atoms with Crippen LogP contribution in [0.1, 0.15) is 46.0 Å². The largest absolute Gasteiger partial charge is 0.402 e. The summed E-state index contributed by atoms with van der Waals surface area (Å²) in [4.78, 5) is 7.01. The van der Waals surface area contributed by atoms with Crippen LogP contribution in [0.2, 0.25) is 0 Å². The third kappa shape index (κ3) is 3.72. The van der Waals surface area contributed by atoms with E-state index >= 15 is 0 Å². The molecule has 2 atom stereocenters. The Bertz CT molecular complexity index is 445. The zero-order chi connectivity index (χ0) is 15.7. The molecule has 1 aliphatic carbocycles. The molecule has 124 valence electrons. The lowest BCUT2D eigenvalue weighted by Crippen LogP contribution is -2.47. The van der Waals surface area contributed by atoms with Gasteiger partial charge in [-0.1, -0.05) is 13.0 Å². The minimum absolute atomic E-state index is 0.321. The summed E-state index contributed by atoms with van der Waals surface area (Å²) in [6, 6.07) is 0.403. The second-order valence-corrected chi connectivity index (χ2v) is 7.55. The highest BCUT2D eigenvalue weighted by Crippen LogP contribution is 2.44. The quantitative estimate of drug-likeness (QED) is 0.722. The zero-order valence-corrected chi connectivity index (χ0v) is 14.0. The van der Waals surface area contributed by atoms with E-state index in [1.54, 1.807) is 0 Å². The molecule has 0 aromatic rings. The first-order valence-electron chi connectivity index (χ1n) is 8.99. The topological polar surface area (TPSA) is 61.8 Å². The summed E-state index contributed by atoms with van der Waals surface area (Å²) in [5.74, 6) is 2.46. The molecule has 2 heterocycles. The molecular formula is C18H31N3O. The van der Waals surface area contributed by atoms with Crippen LogP contribution in [0.25, 0.3) is 0 Å². The van der Waals surface area contributed by atoms with E-state index in [-0.39, 0.29) is 6.10 Å². The van der Waals surface area contributed by atoms with Gasteiger partial charge in [0.25, 0.3) is 0 Å². The molecule has 22 heavy (non-hydrogen) atoms. The summed E-state index contributed by atoms with van der Waals surface area (Å²) in [6.45, 7) is 7.71. The predicted octanol–water partition coefficient (Wildman–Crippen LogP) is 2.18. The number of nitrogens with zero attached hydrogens (tertiary/aromatic N) is 2. The first-order chi connectivity index (χ1) is 10.6. The van der Waals surface area contributed by atoms with Crippen LogP contribution in [0.15, 0.2) is 16.8 Å². The minimum atomic E-state index is -0.321. The highest BCUT2D eigenvalue weighted by Gasteiger charge is 2.44. The molecule has 2 aliphatic heterocycles. The van der Waals surface area contributed by atoms with Gasteiger partial charge in [0.15, 0.2) is 0 Å². The van der Waals surface area contributed by atoms with Gasteiger partial charge in [-0.15, -0.1) is 0 Å². The van der Waals surface area contributed by atoms with Crippen molar-refractivity contribution in [3.05, 3.63) is 11.8 Å². The van der Waals surface area contributed by atoms with Gasteiger partial charge in [0.05, 0.1) is 17.9 Å². The van der Waals surface area contributed by atoms with Crippen LogP contribution in [0.3, 0.4) is 0 Å². The van der Waals surface area contributed by atoms with E-state index in [4.69, 9.17) is 5.73 Å². The summed E-state index contributed by atoms with van der Waals surface area (Å²) < 4.78 is 0. The van der Waals surface area contributed by atoms with Crippen LogP contribution in [-0.4, -0.2) is 47.5 Å². The van der Waals surface area contributed by atoms with Crippen LogP contribution in [0.4, 0.5) is 0 Å². The number of allylic oxidation sites excluding steroid dienone is 2. The van der Waals surface area contributed by atoms with Crippen molar-refractivity contribution < 1.29 is 5.11 Å². The number of hydrogen-bond donors (Lipinski definition) is 2. The van der Waals surface area contributed by atoms with E-state index in [0.717, 1.165) is 42.0 Å². The van der Waals surface area contributed by atoms with Gasteiger partial charge in [0.1, 0.15) is 0 Å². The molecule has 1 unspecified atom stereocenters. The molecule has 0 spiro atoms. The van der Waals surface area contributed by atoms with E-state index in [2.05, 4.69) is 22.9 Å². The van der Waals surface area contributed by atoms with Crippen LogP contribution in [0, 0.1) is 17.8 Å². The summed E-state index contributed by atoms with van der Waals surface area (Å²) in [7, 11) is 0. The first kappa shape index (κ1) is 16.0. The van der Waals surface area contributed by atoms with E-state index in [1.807, 2.05) is 6.92 Å². The Morgan fingerprint density at radius 1 is 1.41 bits per heavy atom. The Morgan fingerprint density at radius 3 is 2.73 bits per heavy atom. The number of rotatable bonds is 8. The Kier molecular flexibility index (Phi) is 4.88. The van der Waals surface area contributed by atoms with Gasteiger partial charge in [-0.2, -0.15) is 0 Å². The number of aliphatic imine (C=N–C) groups is 1. The maximum atomic E-state index is 9.48. The van der Waals surface area contributed by atoms with Crippen LogP contribution in [0.5, 0.6) is 0 Å². The predicted molar refractivity (Wildman–Crippen MR) is 90.8 cm³/mol. The molecule has 0 aromatic carbocycles. The highest BCUT2D eigenvalue weighted by molar-refractivity contribution is 6.03. The lowest BCUT2D eigenvalue weighted by atomic mass is 9.70. The molecule has 3 N–H and O–H groups in total. The Hall–Kier alpha value is -0.870. The maximum Gasteiger partial charge on any atom is 0.0932 e. The second-order valence-electron chi connectivity index (χ2n) is 7.55. The van der Waals surface area contributed by atoms with Crippen molar-refractivity contribution in [1.82, 2.24) is 4.90 Å². The zero-order valence-electron chi connectivity index (χ0n) is 14.0. The van der Waals surface area contributed by atoms with Crippen molar-refractivity contribution >= 4 is 5.71 Å². The van der Waals surface area contributed by atoms with Gasteiger partial charge in [-0.25, -0.2) is 0 Å². The lowest BCUT2D eigenvalue weighted by Gasteiger charge is -2.42. The third-order valence-electron chi connectivity index (χ3n) is 5.68. The highest BCUT2D eigenvalue weighted by atomic mass is 16.3. The smallest absolute Gasteiger partial charge is 0.0932 e. The van der Waals surface area contributed by atoms with Crippen LogP contribution < -0.4 is 5.73 Å². The number of aliphatic hydroxyl groups excluding tert-OH is 1. The fraction of sp³-hybridized carbons (Fsp3) is 0.833. The molecule has 4 nitrogen and oxygen atoms in total. The fourth-order valence-corrected chi connectivity index (χ4v) is 3.94. The second kappa shape index (κ2) is 6.71. The molecule has 4 heteroatoms. The summed E-state index contributed by atoms with van der Waals surface area (Å²) >= 11 is 0. The van der Waals surface area contributed by atoms with E-state index in [9.17, 15) is 5.11 Å². The molecule has 2 fully saturated rings. The van der Waals surface area contributed by atoms with Crippen LogP contribution >= 0.6 is 0 Å². The van der Waals surface area contributed by atoms with Gasteiger partial charge in [0.2, 0.25) is 0 Å². The van der Waals surface area contributed by atoms with Crippen molar-refractivity contribution in [3.63, 3.8) is 0 Å². The Labute approximate surface area is 134 Å².